The van der Waals surface area contributed by atoms with Crippen LogP contribution in [0.3, 0.4) is 0 Å². The number of pyridine rings is 1. The predicted octanol–water partition coefficient (Wildman–Crippen LogP) is 0.822. The van der Waals surface area contributed by atoms with Crippen LogP contribution in [-0.4, -0.2) is 42.7 Å². The SMILES string of the molecule is CNc1ncc(S(=O)(=O)NCC(C)S(C)=O)cc1Cl. The van der Waals surface area contributed by atoms with Crippen LogP contribution in [-0.2, 0) is 20.8 Å². The second-order valence-electron chi connectivity index (χ2n) is 3.91. The van der Waals surface area contributed by atoms with Crippen molar-refractivity contribution < 1.29 is 12.6 Å². The molecule has 0 bridgehead atoms. The van der Waals surface area contributed by atoms with E-state index in [1.54, 1.807) is 14.0 Å². The van der Waals surface area contributed by atoms with Gasteiger partial charge in [-0.2, -0.15) is 0 Å². The highest BCUT2D eigenvalue weighted by atomic mass is 35.5. The van der Waals surface area contributed by atoms with Crippen LogP contribution in [0.1, 0.15) is 6.92 Å². The van der Waals surface area contributed by atoms with Crippen LogP contribution < -0.4 is 10.0 Å². The number of nitrogens with one attached hydrogen (secondary N) is 2. The fraction of sp³-hybridized carbons (Fsp3) is 0.500. The molecule has 0 fully saturated rings. The summed E-state index contributed by atoms with van der Waals surface area (Å²) >= 11 is 5.88. The number of hydrogen-bond acceptors (Lipinski definition) is 5. The normalized spacial score (nSPS) is 14.9. The summed E-state index contributed by atoms with van der Waals surface area (Å²) < 4.78 is 37.5. The first-order chi connectivity index (χ1) is 8.77. The van der Waals surface area contributed by atoms with Crippen molar-refractivity contribution in [1.29, 1.82) is 0 Å². The molecule has 0 aliphatic heterocycles. The predicted molar refractivity (Wildman–Crippen MR) is 77.5 cm³/mol. The van der Waals surface area contributed by atoms with E-state index in [-0.39, 0.29) is 21.7 Å². The first kappa shape index (κ1) is 16.4. The van der Waals surface area contributed by atoms with E-state index < -0.39 is 20.8 Å². The zero-order chi connectivity index (χ0) is 14.6. The third kappa shape index (κ3) is 4.41. The van der Waals surface area contributed by atoms with Crippen molar-refractivity contribution in [3.63, 3.8) is 0 Å². The van der Waals surface area contributed by atoms with Crippen LogP contribution >= 0.6 is 11.6 Å². The molecular formula is C10H16ClN3O3S2. The highest BCUT2D eigenvalue weighted by Crippen LogP contribution is 2.21. The summed E-state index contributed by atoms with van der Waals surface area (Å²) in [5.74, 6) is 0.406. The van der Waals surface area contributed by atoms with Crippen molar-refractivity contribution in [3.8, 4) is 0 Å². The molecule has 2 atom stereocenters. The third-order valence-electron chi connectivity index (χ3n) is 2.49. The Balaban J connectivity index is 2.89. The van der Waals surface area contributed by atoms with Gasteiger partial charge in [0.2, 0.25) is 10.0 Å². The van der Waals surface area contributed by atoms with Crippen molar-refractivity contribution in [2.75, 3.05) is 25.2 Å². The van der Waals surface area contributed by atoms with E-state index in [9.17, 15) is 12.6 Å². The van der Waals surface area contributed by atoms with Crippen molar-refractivity contribution >= 4 is 38.2 Å². The molecule has 2 unspecified atom stereocenters. The lowest BCUT2D eigenvalue weighted by atomic mass is 10.4. The molecule has 0 aromatic carbocycles. The maximum atomic E-state index is 12.0. The Morgan fingerprint density at radius 2 is 2.16 bits per heavy atom. The molecule has 9 heteroatoms. The second kappa shape index (κ2) is 6.65. The number of anilines is 1. The molecule has 1 aromatic rings. The average molecular weight is 326 g/mol. The Morgan fingerprint density at radius 1 is 1.53 bits per heavy atom. The lowest BCUT2D eigenvalue weighted by Crippen LogP contribution is -2.32. The van der Waals surface area contributed by atoms with E-state index in [1.807, 2.05) is 0 Å². The molecule has 0 saturated carbocycles. The lowest BCUT2D eigenvalue weighted by Gasteiger charge is -2.11. The molecule has 108 valence electrons. The van der Waals surface area contributed by atoms with Gasteiger partial charge in [0.05, 0.1) is 5.02 Å². The minimum atomic E-state index is -3.70. The fourth-order valence-electron chi connectivity index (χ4n) is 1.18. The fourth-order valence-corrected chi connectivity index (χ4v) is 3.03. The van der Waals surface area contributed by atoms with E-state index >= 15 is 0 Å². The smallest absolute Gasteiger partial charge is 0.242 e. The number of nitrogens with zero attached hydrogens (tertiary/aromatic N) is 1. The molecule has 6 nitrogen and oxygen atoms in total. The summed E-state index contributed by atoms with van der Waals surface area (Å²) in [6.07, 6.45) is 2.74. The average Bonchev–Trinajstić information content (AvgIpc) is 2.35. The Morgan fingerprint density at radius 3 is 2.63 bits per heavy atom. The van der Waals surface area contributed by atoms with Gasteiger partial charge >= 0.3 is 0 Å². The molecule has 0 saturated heterocycles. The molecular weight excluding hydrogens is 310 g/mol. The summed E-state index contributed by atoms with van der Waals surface area (Å²) in [5, 5.41) is 2.69. The summed E-state index contributed by atoms with van der Waals surface area (Å²) in [7, 11) is -3.15. The summed E-state index contributed by atoms with van der Waals surface area (Å²) in [5.41, 5.74) is 0. The van der Waals surface area contributed by atoms with Gasteiger partial charge in [0, 0.05) is 42.1 Å². The number of rotatable bonds is 6. The molecule has 2 N–H and O–H groups in total. The molecule has 0 spiro atoms. The molecule has 0 amide bonds. The van der Waals surface area contributed by atoms with Gasteiger partial charge < -0.3 is 5.32 Å². The summed E-state index contributed by atoms with van der Waals surface area (Å²) in [4.78, 5) is 3.88. The van der Waals surface area contributed by atoms with Gasteiger partial charge in [0.25, 0.3) is 0 Å². The molecule has 0 aliphatic carbocycles. The van der Waals surface area contributed by atoms with Gasteiger partial charge in [-0.3, -0.25) is 4.21 Å². The number of aromatic nitrogens is 1. The maximum Gasteiger partial charge on any atom is 0.242 e. The first-order valence-electron chi connectivity index (χ1n) is 5.43. The lowest BCUT2D eigenvalue weighted by molar-refractivity contribution is 0.580. The van der Waals surface area contributed by atoms with E-state index in [0.29, 0.717) is 5.82 Å². The highest BCUT2D eigenvalue weighted by Gasteiger charge is 2.18. The Hall–Kier alpha value is -0.700. The van der Waals surface area contributed by atoms with Gasteiger partial charge in [0.1, 0.15) is 10.7 Å². The summed E-state index contributed by atoms with van der Waals surface area (Å²) in [6, 6.07) is 1.32. The molecule has 1 heterocycles. The van der Waals surface area contributed by atoms with Crippen LogP contribution in [0.25, 0.3) is 0 Å². The highest BCUT2D eigenvalue weighted by molar-refractivity contribution is 7.89. The first-order valence-corrected chi connectivity index (χ1v) is 8.91. The molecule has 0 aliphatic rings. The van der Waals surface area contributed by atoms with Crippen molar-refractivity contribution in [3.05, 3.63) is 17.3 Å². The Kier molecular flexibility index (Phi) is 5.72. The molecule has 0 radical (unpaired) electrons. The minimum absolute atomic E-state index is 0.0226. The van der Waals surface area contributed by atoms with E-state index in [0.717, 1.165) is 0 Å². The van der Waals surface area contributed by atoms with Crippen LogP contribution in [0.5, 0.6) is 0 Å². The zero-order valence-electron chi connectivity index (χ0n) is 10.8. The van der Waals surface area contributed by atoms with Gasteiger partial charge in [-0.15, -0.1) is 0 Å². The van der Waals surface area contributed by atoms with Gasteiger partial charge in [-0.1, -0.05) is 11.6 Å². The van der Waals surface area contributed by atoms with E-state index in [1.165, 1.54) is 18.5 Å². The van der Waals surface area contributed by atoms with Crippen molar-refractivity contribution in [2.45, 2.75) is 17.1 Å². The van der Waals surface area contributed by atoms with Gasteiger partial charge in [-0.05, 0) is 13.0 Å². The van der Waals surface area contributed by atoms with Crippen LogP contribution in [0.2, 0.25) is 5.02 Å². The summed E-state index contributed by atoms with van der Waals surface area (Å²) in [6.45, 7) is 1.80. The van der Waals surface area contributed by atoms with Gasteiger partial charge in [-0.25, -0.2) is 18.1 Å². The van der Waals surface area contributed by atoms with Crippen LogP contribution in [0.15, 0.2) is 17.2 Å². The Labute approximate surface area is 120 Å². The van der Waals surface area contributed by atoms with Crippen LogP contribution in [0, 0.1) is 0 Å². The number of sulfonamides is 1. The van der Waals surface area contributed by atoms with E-state index in [2.05, 4.69) is 15.0 Å². The van der Waals surface area contributed by atoms with Crippen molar-refractivity contribution in [1.82, 2.24) is 9.71 Å². The third-order valence-corrected chi connectivity index (χ3v) is 5.47. The number of halogens is 1. The topological polar surface area (TPSA) is 88.2 Å². The quantitative estimate of drug-likeness (QED) is 0.808. The molecule has 1 aromatic heterocycles. The van der Waals surface area contributed by atoms with E-state index in [4.69, 9.17) is 11.6 Å². The Bertz CT molecular complexity index is 577. The largest absolute Gasteiger partial charge is 0.372 e. The second-order valence-corrected chi connectivity index (χ2v) is 7.89. The maximum absolute atomic E-state index is 12.0. The molecule has 1 rings (SSSR count). The zero-order valence-corrected chi connectivity index (χ0v) is 13.2. The standard InChI is InChI=1S/C10H16ClN3O3S2/c1-7(18(3)15)5-14-19(16,17)8-4-9(11)10(12-2)13-6-8/h4,6-7,14H,5H2,1-3H3,(H,12,13). The van der Waals surface area contributed by atoms with Crippen molar-refractivity contribution in [2.24, 2.45) is 0 Å². The van der Waals surface area contributed by atoms with Crippen LogP contribution in [0.4, 0.5) is 5.82 Å². The monoisotopic (exact) mass is 325 g/mol. The number of hydrogen-bond donors (Lipinski definition) is 2. The molecule has 19 heavy (non-hydrogen) atoms. The van der Waals surface area contributed by atoms with Gasteiger partial charge in [0.15, 0.2) is 0 Å². The minimum Gasteiger partial charge on any atom is -0.372 e.